The van der Waals surface area contributed by atoms with Gasteiger partial charge in [0.1, 0.15) is 5.76 Å². The largest absolute Gasteiger partial charge is 0.468 e. The third-order valence-electron chi connectivity index (χ3n) is 3.76. The standard InChI is InChI=1S/C19H28N4O/c1-21(2)19(22(3)4)20-13-16-9-6-7-10-17(16)14-23(5)15-18-11-8-12-24-18/h6-12H,13-15H2,1-5H3. The molecule has 0 fully saturated rings. The van der Waals surface area contributed by atoms with Crippen molar-refractivity contribution in [1.29, 1.82) is 0 Å². The van der Waals surface area contributed by atoms with Crippen LogP contribution in [0.15, 0.2) is 52.1 Å². The van der Waals surface area contributed by atoms with E-state index < -0.39 is 0 Å². The van der Waals surface area contributed by atoms with Crippen LogP contribution in [0.4, 0.5) is 0 Å². The van der Waals surface area contributed by atoms with Gasteiger partial charge in [0.05, 0.1) is 19.4 Å². The normalized spacial score (nSPS) is 10.8. The third-order valence-corrected chi connectivity index (χ3v) is 3.76. The van der Waals surface area contributed by atoms with E-state index in [4.69, 9.17) is 9.41 Å². The summed E-state index contributed by atoms with van der Waals surface area (Å²) in [7, 11) is 10.2. The predicted molar refractivity (Wildman–Crippen MR) is 98.8 cm³/mol. The van der Waals surface area contributed by atoms with E-state index in [1.165, 1.54) is 11.1 Å². The molecule has 0 unspecified atom stereocenters. The number of hydrogen-bond acceptors (Lipinski definition) is 3. The van der Waals surface area contributed by atoms with Gasteiger partial charge in [-0.25, -0.2) is 4.99 Å². The van der Waals surface area contributed by atoms with Gasteiger partial charge in [0.25, 0.3) is 0 Å². The van der Waals surface area contributed by atoms with E-state index in [-0.39, 0.29) is 0 Å². The van der Waals surface area contributed by atoms with Crippen molar-refractivity contribution >= 4 is 5.96 Å². The Morgan fingerprint density at radius 3 is 2.12 bits per heavy atom. The molecule has 1 aromatic heterocycles. The zero-order chi connectivity index (χ0) is 17.5. The van der Waals surface area contributed by atoms with Crippen LogP contribution in [0.3, 0.4) is 0 Å². The molecule has 0 aliphatic rings. The molecule has 2 aromatic rings. The minimum absolute atomic E-state index is 0.677. The van der Waals surface area contributed by atoms with Gasteiger partial charge < -0.3 is 14.2 Å². The lowest BCUT2D eigenvalue weighted by Crippen LogP contribution is -2.35. The van der Waals surface area contributed by atoms with E-state index in [0.29, 0.717) is 6.54 Å². The maximum Gasteiger partial charge on any atom is 0.195 e. The highest BCUT2D eigenvalue weighted by Crippen LogP contribution is 2.14. The Morgan fingerprint density at radius 1 is 0.875 bits per heavy atom. The fourth-order valence-corrected chi connectivity index (χ4v) is 2.72. The molecule has 130 valence electrons. The number of furan rings is 1. The van der Waals surface area contributed by atoms with Gasteiger partial charge in [-0.1, -0.05) is 24.3 Å². The van der Waals surface area contributed by atoms with Crippen molar-refractivity contribution in [3.8, 4) is 0 Å². The smallest absolute Gasteiger partial charge is 0.195 e. The fraction of sp³-hybridized carbons (Fsp3) is 0.421. The molecule has 1 heterocycles. The molecule has 0 aliphatic heterocycles. The summed E-state index contributed by atoms with van der Waals surface area (Å²) in [6.45, 7) is 2.34. The summed E-state index contributed by atoms with van der Waals surface area (Å²) in [6, 6.07) is 12.4. The molecule has 5 nitrogen and oxygen atoms in total. The molecule has 0 bridgehead atoms. The number of rotatable bonds is 6. The van der Waals surface area contributed by atoms with E-state index in [1.807, 2.05) is 50.1 Å². The number of guanidine groups is 1. The van der Waals surface area contributed by atoms with Crippen LogP contribution in [0.1, 0.15) is 16.9 Å². The molecule has 0 N–H and O–H groups in total. The summed E-state index contributed by atoms with van der Waals surface area (Å²) >= 11 is 0. The van der Waals surface area contributed by atoms with Crippen molar-refractivity contribution in [2.45, 2.75) is 19.6 Å². The summed E-state index contributed by atoms with van der Waals surface area (Å²) in [5, 5.41) is 0. The highest BCUT2D eigenvalue weighted by Gasteiger charge is 2.09. The molecule has 2 rings (SSSR count). The van der Waals surface area contributed by atoms with Crippen LogP contribution in [0, 0.1) is 0 Å². The van der Waals surface area contributed by atoms with Crippen molar-refractivity contribution in [2.75, 3.05) is 35.2 Å². The first-order valence-corrected chi connectivity index (χ1v) is 8.14. The van der Waals surface area contributed by atoms with Gasteiger partial charge in [-0.3, -0.25) is 4.90 Å². The highest BCUT2D eigenvalue weighted by atomic mass is 16.3. The van der Waals surface area contributed by atoms with Crippen LogP contribution in [0.25, 0.3) is 0 Å². The molecule has 0 spiro atoms. The first-order chi connectivity index (χ1) is 11.5. The lowest BCUT2D eigenvalue weighted by molar-refractivity contribution is 0.287. The minimum atomic E-state index is 0.677. The fourth-order valence-electron chi connectivity index (χ4n) is 2.72. The van der Waals surface area contributed by atoms with E-state index >= 15 is 0 Å². The van der Waals surface area contributed by atoms with Crippen molar-refractivity contribution in [2.24, 2.45) is 4.99 Å². The van der Waals surface area contributed by atoms with E-state index in [2.05, 4.69) is 36.2 Å². The van der Waals surface area contributed by atoms with Crippen molar-refractivity contribution < 1.29 is 4.42 Å². The Hall–Kier alpha value is -2.27. The zero-order valence-electron chi connectivity index (χ0n) is 15.4. The highest BCUT2D eigenvalue weighted by molar-refractivity contribution is 5.79. The first-order valence-electron chi connectivity index (χ1n) is 8.14. The number of benzene rings is 1. The maximum absolute atomic E-state index is 5.43. The SMILES string of the molecule is CN(Cc1ccco1)Cc1ccccc1CN=C(N(C)C)N(C)C. The average molecular weight is 328 g/mol. The first kappa shape index (κ1) is 18.1. The second kappa shape index (κ2) is 8.55. The van der Waals surface area contributed by atoms with Crippen LogP contribution in [-0.4, -0.2) is 55.9 Å². The lowest BCUT2D eigenvalue weighted by Gasteiger charge is -2.23. The second-order valence-corrected chi connectivity index (χ2v) is 6.43. The molecule has 5 heteroatoms. The van der Waals surface area contributed by atoms with E-state index in [1.54, 1.807) is 6.26 Å². The molecule has 24 heavy (non-hydrogen) atoms. The molecule has 0 radical (unpaired) electrons. The summed E-state index contributed by atoms with van der Waals surface area (Å²) in [6.07, 6.45) is 1.72. The van der Waals surface area contributed by atoms with Crippen LogP contribution >= 0.6 is 0 Å². The minimum Gasteiger partial charge on any atom is -0.468 e. The summed E-state index contributed by atoms with van der Waals surface area (Å²) < 4.78 is 5.43. The predicted octanol–water partition coefficient (Wildman–Crippen LogP) is 2.89. The van der Waals surface area contributed by atoms with Crippen LogP contribution in [-0.2, 0) is 19.6 Å². The summed E-state index contributed by atoms with van der Waals surface area (Å²) in [5.41, 5.74) is 2.55. The monoisotopic (exact) mass is 328 g/mol. The second-order valence-electron chi connectivity index (χ2n) is 6.43. The summed E-state index contributed by atoms with van der Waals surface area (Å²) in [5.74, 6) is 1.95. The maximum atomic E-state index is 5.43. The zero-order valence-corrected chi connectivity index (χ0v) is 15.4. The van der Waals surface area contributed by atoms with Gasteiger partial charge in [0, 0.05) is 34.7 Å². The van der Waals surface area contributed by atoms with Crippen LogP contribution < -0.4 is 0 Å². The quantitative estimate of drug-likeness (QED) is 0.603. The van der Waals surface area contributed by atoms with Crippen molar-refractivity contribution in [3.63, 3.8) is 0 Å². The van der Waals surface area contributed by atoms with Gasteiger partial charge in [0.15, 0.2) is 5.96 Å². The Morgan fingerprint density at radius 2 is 1.54 bits per heavy atom. The molecule has 0 atom stereocenters. The van der Waals surface area contributed by atoms with E-state index in [0.717, 1.165) is 24.8 Å². The van der Waals surface area contributed by atoms with Gasteiger partial charge in [-0.2, -0.15) is 0 Å². The van der Waals surface area contributed by atoms with Crippen molar-refractivity contribution in [3.05, 3.63) is 59.5 Å². The molecule has 0 saturated carbocycles. The Balaban J connectivity index is 2.08. The molecular formula is C19H28N4O. The van der Waals surface area contributed by atoms with E-state index in [9.17, 15) is 0 Å². The van der Waals surface area contributed by atoms with Crippen LogP contribution in [0.5, 0.6) is 0 Å². The van der Waals surface area contributed by atoms with Gasteiger partial charge in [-0.05, 0) is 30.3 Å². The average Bonchev–Trinajstić information content (AvgIpc) is 3.01. The topological polar surface area (TPSA) is 35.2 Å². The van der Waals surface area contributed by atoms with Gasteiger partial charge >= 0.3 is 0 Å². The third kappa shape index (κ3) is 5.13. The molecular weight excluding hydrogens is 300 g/mol. The molecule has 1 aromatic carbocycles. The van der Waals surface area contributed by atoms with Gasteiger partial charge in [0.2, 0.25) is 0 Å². The number of nitrogens with zero attached hydrogens (tertiary/aromatic N) is 4. The Bertz CT molecular complexity index is 637. The number of hydrogen-bond donors (Lipinski definition) is 0. The molecule has 0 aliphatic carbocycles. The summed E-state index contributed by atoms with van der Waals surface area (Å²) in [4.78, 5) is 11.1. The van der Waals surface area contributed by atoms with Crippen LogP contribution in [0.2, 0.25) is 0 Å². The van der Waals surface area contributed by atoms with Gasteiger partial charge in [-0.15, -0.1) is 0 Å². The Kier molecular flexibility index (Phi) is 6.44. The van der Waals surface area contributed by atoms with Crippen molar-refractivity contribution in [1.82, 2.24) is 14.7 Å². The number of aliphatic imine (C=N–C) groups is 1. The molecule has 0 saturated heterocycles. The molecule has 0 amide bonds. The Labute approximate surface area is 145 Å². The lowest BCUT2D eigenvalue weighted by atomic mass is 10.1.